The lowest BCUT2D eigenvalue weighted by molar-refractivity contribution is 0.0773. The van der Waals surface area contributed by atoms with E-state index in [0.717, 1.165) is 0 Å². The van der Waals surface area contributed by atoms with E-state index in [1.807, 2.05) is 19.9 Å². The number of carbonyl (C=O) groups is 1. The van der Waals surface area contributed by atoms with Crippen molar-refractivity contribution in [1.82, 2.24) is 0 Å². The Balaban J connectivity index is 2.60. The van der Waals surface area contributed by atoms with Gasteiger partial charge in [0.2, 0.25) is 0 Å². The lowest BCUT2D eigenvalue weighted by Crippen LogP contribution is -2.15. The summed E-state index contributed by atoms with van der Waals surface area (Å²) in [6, 6.07) is 7.11. The number of hydrogen-bond acceptors (Lipinski definition) is 4. The van der Waals surface area contributed by atoms with Crippen molar-refractivity contribution >= 4 is 5.78 Å². The maximum atomic E-state index is 11.7. The van der Waals surface area contributed by atoms with Crippen molar-refractivity contribution in [3.8, 4) is 5.75 Å². The number of benzene rings is 1. The molecule has 0 aliphatic heterocycles. The third kappa shape index (κ3) is 4.97. The van der Waals surface area contributed by atoms with E-state index in [0.29, 0.717) is 24.5 Å². The molecule has 4 nitrogen and oxygen atoms in total. The van der Waals surface area contributed by atoms with Crippen LogP contribution in [0, 0.1) is 0 Å². The van der Waals surface area contributed by atoms with Gasteiger partial charge >= 0.3 is 0 Å². The first kappa shape index (κ1) is 13.7. The van der Waals surface area contributed by atoms with Crippen molar-refractivity contribution in [3.63, 3.8) is 0 Å². The van der Waals surface area contributed by atoms with Crippen LogP contribution in [0.2, 0.25) is 0 Å². The molecular formula is C13H19NO3. The highest BCUT2D eigenvalue weighted by atomic mass is 16.5. The van der Waals surface area contributed by atoms with Gasteiger partial charge in [0.25, 0.3) is 0 Å². The maximum absolute atomic E-state index is 11.7. The van der Waals surface area contributed by atoms with Crippen molar-refractivity contribution in [2.45, 2.75) is 20.0 Å². The Hall–Kier alpha value is -1.39. The number of ketones is 1. The zero-order valence-electron chi connectivity index (χ0n) is 10.3. The van der Waals surface area contributed by atoms with Crippen LogP contribution in [-0.4, -0.2) is 31.6 Å². The van der Waals surface area contributed by atoms with Crippen LogP contribution >= 0.6 is 0 Å². The van der Waals surface area contributed by atoms with Gasteiger partial charge in [-0.1, -0.05) is 12.1 Å². The van der Waals surface area contributed by atoms with E-state index in [9.17, 15) is 4.79 Å². The van der Waals surface area contributed by atoms with Gasteiger partial charge in [-0.05, 0) is 26.0 Å². The molecular weight excluding hydrogens is 218 g/mol. The highest BCUT2D eigenvalue weighted by molar-refractivity contribution is 5.97. The predicted octanol–water partition coefficient (Wildman–Crippen LogP) is 1.63. The molecule has 0 saturated heterocycles. The Morgan fingerprint density at radius 2 is 2.18 bits per heavy atom. The molecule has 2 N–H and O–H groups in total. The molecule has 1 aromatic rings. The number of hydrogen-bond donors (Lipinski definition) is 1. The van der Waals surface area contributed by atoms with E-state index in [2.05, 4.69) is 0 Å². The number of ether oxygens (including phenoxy) is 2. The lowest BCUT2D eigenvalue weighted by Gasteiger charge is -2.10. The van der Waals surface area contributed by atoms with Crippen LogP contribution < -0.4 is 10.5 Å². The Morgan fingerprint density at radius 1 is 1.41 bits per heavy atom. The zero-order chi connectivity index (χ0) is 12.7. The summed E-state index contributed by atoms with van der Waals surface area (Å²) in [5, 5.41) is 0. The largest absolute Gasteiger partial charge is 0.491 e. The van der Waals surface area contributed by atoms with E-state index >= 15 is 0 Å². The first-order chi connectivity index (χ1) is 8.13. The fraction of sp³-hybridized carbons (Fsp3) is 0.462. The van der Waals surface area contributed by atoms with Crippen LogP contribution in [0.5, 0.6) is 5.75 Å². The van der Waals surface area contributed by atoms with Gasteiger partial charge in [-0.3, -0.25) is 4.79 Å². The van der Waals surface area contributed by atoms with Crippen LogP contribution in [0.3, 0.4) is 0 Å². The molecule has 0 radical (unpaired) electrons. The minimum Gasteiger partial charge on any atom is -0.491 e. The molecule has 0 aliphatic rings. The molecule has 0 unspecified atom stereocenters. The topological polar surface area (TPSA) is 61.5 Å². The average Bonchev–Trinajstić information content (AvgIpc) is 2.28. The molecule has 0 spiro atoms. The molecule has 1 aromatic carbocycles. The van der Waals surface area contributed by atoms with Gasteiger partial charge in [-0.25, -0.2) is 0 Å². The summed E-state index contributed by atoms with van der Waals surface area (Å²) >= 11 is 0. The SMILES string of the molecule is CC(C)Oc1cccc(C(=O)COCCN)c1. The minimum absolute atomic E-state index is 0.0579. The second-order valence-electron chi connectivity index (χ2n) is 3.96. The highest BCUT2D eigenvalue weighted by Crippen LogP contribution is 2.15. The second kappa shape index (κ2) is 7.04. The summed E-state index contributed by atoms with van der Waals surface area (Å²) < 4.78 is 10.6. The number of rotatable bonds is 7. The van der Waals surface area contributed by atoms with E-state index in [-0.39, 0.29) is 18.5 Å². The van der Waals surface area contributed by atoms with E-state index < -0.39 is 0 Å². The first-order valence-electron chi connectivity index (χ1n) is 5.71. The molecule has 0 aliphatic carbocycles. The molecule has 1 rings (SSSR count). The molecule has 0 fully saturated rings. The van der Waals surface area contributed by atoms with E-state index in [1.54, 1.807) is 18.2 Å². The van der Waals surface area contributed by atoms with Gasteiger partial charge in [0.05, 0.1) is 12.7 Å². The van der Waals surface area contributed by atoms with E-state index in [4.69, 9.17) is 15.2 Å². The van der Waals surface area contributed by atoms with Gasteiger partial charge in [0.1, 0.15) is 12.4 Å². The number of nitrogens with two attached hydrogens (primary N) is 1. The van der Waals surface area contributed by atoms with Gasteiger partial charge in [-0.15, -0.1) is 0 Å². The van der Waals surface area contributed by atoms with Gasteiger partial charge in [0.15, 0.2) is 5.78 Å². The standard InChI is InChI=1S/C13H19NO3/c1-10(2)17-12-5-3-4-11(8-12)13(15)9-16-7-6-14/h3-5,8,10H,6-7,9,14H2,1-2H3. The smallest absolute Gasteiger partial charge is 0.188 e. The minimum atomic E-state index is -0.0624. The predicted molar refractivity (Wildman–Crippen MR) is 66.4 cm³/mol. The van der Waals surface area contributed by atoms with Crippen molar-refractivity contribution in [2.24, 2.45) is 5.73 Å². The Bertz CT molecular complexity index is 363. The summed E-state index contributed by atoms with van der Waals surface area (Å²) in [4.78, 5) is 11.7. The normalized spacial score (nSPS) is 10.6. The summed E-state index contributed by atoms with van der Waals surface area (Å²) in [5.74, 6) is 0.636. The molecule has 0 saturated carbocycles. The van der Waals surface area contributed by atoms with Crippen LogP contribution in [0.15, 0.2) is 24.3 Å². The van der Waals surface area contributed by atoms with Gasteiger partial charge in [0, 0.05) is 12.1 Å². The van der Waals surface area contributed by atoms with Crippen molar-refractivity contribution in [3.05, 3.63) is 29.8 Å². The molecule has 0 bridgehead atoms. The lowest BCUT2D eigenvalue weighted by atomic mass is 10.1. The quantitative estimate of drug-likeness (QED) is 0.578. The summed E-state index contributed by atoms with van der Waals surface area (Å²) in [6.45, 7) is 4.76. The number of Topliss-reactive ketones (excluding diaryl/α,β-unsaturated/α-hetero) is 1. The van der Waals surface area contributed by atoms with Crippen molar-refractivity contribution < 1.29 is 14.3 Å². The summed E-state index contributed by atoms with van der Waals surface area (Å²) in [7, 11) is 0. The summed E-state index contributed by atoms with van der Waals surface area (Å²) in [6.07, 6.45) is 0.0915. The zero-order valence-corrected chi connectivity index (χ0v) is 10.3. The average molecular weight is 237 g/mol. The van der Waals surface area contributed by atoms with Gasteiger partial charge < -0.3 is 15.2 Å². The van der Waals surface area contributed by atoms with Crippen LogP contribution in [-0.2, 0) is 4.74 Å². The van der Waals surface area contributed by atoms with Crippen LogP contribution in [0.4, 0.5) is 0 Å². The Kier molecular flexibility index (Phi) is 5.66. The fourth-order valence-corrected chi connectivity index (χ4v) is 1.35. The summed E-state index contributed by atoms with van der Waals surface area (Å²) in [5.41, 5.74) is 5.87. The monoisotopic (exact) mass is 237 g/mol. The molecule has 0 amide bonds. The third-order valence-electron chi connectivity index (χ3n) is 2.02. The molecule has 4 heteroatoms. The van der Waals surface area contributed by atoms with E-state index in [1.165, 1.54) is 0 Å². The molecule has 0 aromatic heterocycles. The van der Waals surface area contributed by atoms with Gasteiger partial charge in [-0.2, -0.15) is 0 Å². The van der Waals surface area contributed by atoms with Crippen molar-refractivity contribution in [1.29, 1.82) is 0 Å². The molecule has 94 valence electrons. The fourth-order valence-electron chi connectivity index (χ4n) is 1.35. The first-order valence-corrected chi connectivity index (χ1v) is 5.71. The van der Waals surface area contributed by atoms with Crippen LogP contribution in [0.25, 0.3) is 0 Å². The third-order valence-corrected chi connectivity index (χ3v) is 2.02. The maximum Gasteiger partial charge on any atom is 0.188 e. The van der Waals surface area contributed by atoms with Crippen molar-refractivity contribution in [2.75, 3.05) is 19.8 Å². The van der Waals surface area contributed by atoms with Crippen LogP contribution in [0.1, 0.15) is 24.2 Å². The highest BCUT2D eigenvalue weighted by Gasteiger charge is 2.07. The number of carbonyl (C=O) groups excluding carboxylic acids is 1. The molecule has 17 heavy (non-hydrogen) atoms. The second-order valence-corrected chi connectivity index (χ2v) is 3.96. The Morgan fingerprint density at radius 3 is 2.82 bits per heavy atom. The molecule has 0 heterocycles. The molecule has 0 atom stereocenters. The Labute approximate surface area is 102 Å².